The summed E-state index contributed by atoms with van der Waals surface area (Å²) in [5.74, 6) is 2.08. The number of ether oxygens (including phenoxy) is 2. The van der Waals surface area contributed by atoms with Crippen LogP contribution in [-0.2, 0) is 11.3 Å². The average Bonchev–Trinajstić information content (AvgIpc) is 3.51. The lowest BCUT2D eigenvalue weighted by atomic mass is 10.1. The van der Waals surface area contributed by atoms with Crippen molar-refractivity contribution in [1.82, 2.24) is 25.0 Å². The number of hydrogen-bond donors (Lipinski definition) is 1. The third-order valence-corrected chi connectivity index (χ3v) is 7.81. The summed E-state index contributed by atoms with van der Waals surface area (Å²) in [6.07, 6.45) is 3.52. The first-order valence-electron chi connectivity index (χ1n) is 14.2. The molecule has 13 heteroatoms. The Morgan fingerprint density at radius 3 is 2.56 bits per heavy atom. The summed E-state index contributed by atoms with van der Waals surface area (Å²) in [5.41, 5.74) is 3.14. The van der Waals surface area contributed by atoms with Crippen LogP contribution < -0.4 is 10.1 Å². The summed E-state index contributed by atoms with van der Waals surface area (Å²) >= 11 is 1.55. The van der Waals surface area contributed by atoms with Gasteiger partial charge >= 0.3 is 12.4 Å². The Morgan fingerprint density at radius 2 is 1.89 bits per heavy atom. The van der Waals surface area contributed by atoms with Crippen molar-refractivity contribution in [3.8, 4) is 22.8 Å². The highest BCUT2D eigenvalue weighted by atomic mass is 32.2. The molecule has 1 aliphatic rings. The summed E-state index contributed by atoms with van der Waals surface area (Å²) in [6.45, 7) is 9.86. The molecule has 0 aliphatic carbocycles. The van der Waals surface area contributed by atoms with Gasteiger partial charge in [-0.3, -0.25) is 0 Å². The third-order valence-electron chi connectivity index (χ3n) is 6.71. The zero-order chi connectivity index (χ0) is 32.4. The van der Waals surface area contributed by atoms with Gasteiger partial charge in [-0.1, -0.05) is 68.1 Å². The molecule has 1 fully saturated rings. The van der Waals surface area contributed by atoms with Crippen LogP contribution >= 0.6 is 11.8 Å². The van der Waals surface area contributed by atoms with E-state index in [9.17, 15) is 18.0 Å². The predicted molar refractivity (Wildman–Crippen MR) is 170 cm³/mol. The topological polar surface area (TPSA) is 93.9 Å². The molecule has 1 N–H and O–H groups in total. The molecule has 1 aliphatic heterocycles. The van der Waals surface area contributed by atoms with Gasteiger partial charge in [0.1, 0.15) is 17.8 Å². The van der Waals surface area contributed by atoms with E-state index in [1.165, 1.54) is 35.3 Å². The van der Waals surface area contributed by atoms with Crippen LogP contribution in [0.15, 0.2) is 96.0 Å². The molecule has 9 nitrogen and oxygen atoms in total. The van der Waals surface area contributed by atoms with Crippen LogP contribution in [0.1, 0.15) is 25.8 Å². The Morgan fingerprint density at radius 1 is 1.16 bits per heavy atom. The van der Waals surface area contributed by atoms with E-state index in [2.05, 4.69) is 50.5 Å². The maximum absolute atomic E-state index is 12.7. The minimum Gasteiger partial charge on any atom is -0.497 e. The fraction of sp³-hybridized carbons (Fsp3) is 0.312. The number of allylic oxidation sites excluding steroid dienone is 3. The lowest BCUT2D eigenvalue weighted by Gasteiger charge is -2.28. The first-order valence-corrected chi connectivity index (χ1v) is 15.2. The Kier molecular flexibility index (Phi) is 11.5. The minimum absolute atomic E-state index is 0.285. The molecule has 2 aromatic carbocycles. The van der Waals surface area contributed by atoms with Crippen LogP contribution in [0.25, 0.3) is 17.1 Å². The molecular weight excluding hydrogens is 605 g/mol. The Balaban J connectivity index is 1.32. The number of aliphatic imine (C=N–C) groups is 1. The lowest BCUT2D eigenvalue weighted by molar-refractivity contribution is -0.274. The summed E-state index contributed by atoms with van der Waals surface area (Å²) in [5, 5.41) is 7.93. The second-order valence-electron chi connectivity index (χ2n) is 10.3. The highest BCUT2D eigenvalue weighted by Crippen LogP contribution is 2.24. The normalized spacial score (nSPS) is 15.1. The average molecular weight is 641 g/mol. The van der Waals surface area contributed by atoms with Crippen LogP contribution in [-0.4, -0.2) is 63.2 Å². The van der Waals surface area contributed by atoms with Crippen molar-refractivity contribution in [2.75, 3.05) is 26.0 Å². The Hall–Kier alpha value is -4.52. The number of methoxy groups -OCH3 is 1. The molecule has 45 heavy (non-hydrogen) atoms. The third kappa shape index (κ3) is 10.3. The van der Waals surface area contributed by atoms with Crippen molar-refractivity contribution in [3.63, 3.8) is 0 Å². The van der Waals surface area contributed by atoms with Gasteiger partial charge in [-0.2, -0.15) is 4.99 Å². The van der Waals surface area contributed by atoms with Gasteiger partial charge in [0.25, 0.3) is 0 Å². The van der Waals surface area contributed by atoms with E-state index >= 15 is 0 Å². The van der Waals surface area contributed by atoms with Crippen molar-refractivity contribution in [2.24, 2.45) is 10.9 Å². The van der Waals surface area contributed by atoms with Gasteiger partial charge < -0.3 is 19.7 Å². The lowest BCUT2D eigenvalue weighted by Crippen LogP contribution is -2.36. The zero-order valence-corrected chi connectivity index (χ0v) is 26.1. The summed E-state index contributed by atoms with van der Waals surface area (Å²) < 4.78 is 48.1. The maximum Gasteiger partial charge on any atom is 0.573 e. The number of carbonyl (C=O) groups is 1. The second-order valence-corrected chi connectivity index (χ2v) is 11.4. The first-order chi connectivity index (χ1) is 21.5. The van der Waals surface area contributed by atoms with Gasteiger partial charge in [0.05, 0.1) is 12.8 Å². The number of carbonyl (C=O) groups excluding carboxylic acids is 1. The fourth-order valence-corrected chi connectivity index (χ4v) is 5.03. The van der Waals surface area contributed by atoms with Gasteiger partial charge in [0, 0.05) is 31.0 Å². The number of alkyl halides is 3. The highest BCUT2D eigenvalue weighted by molar-refractivity contribution is 8.13. The predicted octanol–water partition coefficient (Wildman–Crippen LogP) is 7.14. The van der Waals surface area contributed by atoms with Crippen LogP contribution in [0, 0.1) is 5.92 Å². The number of aromatic nitrogens is 3. The van der Waals surface area contributed by atoms with Gasteiger partial charge in [0.2, 0.25) is 0 Å². The van der Waals surface area contributed by atoms with E-state index < -0.39 is 12.4 Å². The molecule has 0 saturated carbocycles. The monoisotopic (exact) mass is 640 g/mol. The number of amides is 2. The fourth-order valence-electron chi connectivity index (χ4n) is 4.08. The molecule has 4 rings (SSSR count). The zero-order valence-electron chi connectivity index (χ0n) is 25.3. The Labute approximate surface area is 264 Å². The van der Waals surface area contributed by atoms with Crippen molar-refractivity contribution < 1.29 is 27.4 Å². The minimum atomic E-state index is -4.76. The van der Waals surface area contributed by atoms with Crippen molar-refractivity contribution >= 4 is 23.0 Å². The SMILES string of the molecule is C=C(/C=C\C(=C/CN1CCCSC1=NC(=O)NCc1ccc(-c2ncn(-c3ccc(OC(F)(F)F)cc3)n2)cc1)OC)C(C)C. The molecule has 1 aromatic heterocycles. The van der Waals surface area contributed by atoms with Gasteiger partial charge in [-0.25, -0.2) is 14.5 Å². The smallest absolute Gasteiger partial charge is 0.497 e. The number of amidine groups is 1. The highest BCUT2D eigenvalue weighted by Gasteiger charge is 2.31. The number of benzene rings is 2. The van der Waals surface area contributed by atoms with E-state index in [0.29, 0.717) is 29.1 Å². The second kappa shape index (κ2) is 15.5. The summed E-state index contributed by atoms with van der Waals surface area (Å²) in [4.78, 5) is 23.4. The quantitative estimate of drug-likeness (QED) is 0.176. The molecule has 0 radical (unpaired) electrons. The molecule has 0 spiro atoms. The van der Waals surface area contributed by atoms with Gasteiger partial charge in [0.15, 0.2) is 11.0 Å². The van der Waals surface area contributed by atoms with Crippen LogP contribution in [0.2, 0.25) is 0 Å². The van der Waals surface area contributed by atoms with E-state index in [1.807, 2.05) is 42.5 Å². The molecule has 3 aromatic rings. The molecular formula is C32H35F3N6O3S. The van der Waals surface area contributed by atoms with Gasteiger partial charge in [-0.15, -0.1) is 18.3 Å². The van der Waals surface area contributed by atoms with Gasteiger partial charge in [-0.05, 0) is 54.3 Å². The number of rotatable bonds is 11. The number of halogens is 3. The van der Waals surface area contributed by atoms with E-state index in [-0.39, 0.29) is 12.3 Å². The number of nitrogens with zero attached hydrogens (tertiary/aromatic N) is 5. The molecule has 0 atom stereocenters. The molecule has 238 valence electrons. The summed E-state index contributed by atoms with van der Waals surface area (Å²) in [7, 11) is 1.63. The Bertz CT molecular complexity index is 1550. The van der Waals surface area contributed by atoms with E-state index in [1.54, 1.807) is 18.9 Å². The van der Waals surface area contributed by atoms with Crippen LogP contribution in [0.4, 0.5) is 18.0 Å². The molecule has 1 saturated heterocycles. The first kappa shape index (κ1) is 33.4. The molecule has 0 unspecified atom stereocenters. The van der Waals surface area contributed by atoms with Crippen molar-refractivity contribution in [2.45, 2.75) is 33.2 Å². The number of thioether (sulfide) groups is 1. The number of urea groups is 1. The van der Waals surface area contributed by atoms with Crippen LogP contribution in [0.3, 0.4) is 0 Å². The van der Waals surface area contributed by atoms with Crippen LogP contribution in [0.5, 0.6) is 5.75 Å². The summed E-state index contributed by atoms with van der Waals surface area (Å²) in [6, 6.07) is 12.3. The van der Waals surface area contributed by atoms with Crippen molar-refractivity contribution in [1.29, 1.82) is 0 Å². The number of nitrogens with one attached hydrogen (secondary N) is 1. The van der Waals surface area contributed by atoms with E-state index in [4.69, 9.17) is 4.74 Å². The molecule has 0 bridgehead atoms. The van der Waals surface area contributed by atoms with Crippen molar-refractivity contribution in [3.05, 3.63) is 96.6 Å². The molecule has 2 heterocycles. The largest absolute Gasteiger partial charge is 0.573 e. The van der Waals surface area contributed by atoms with E-state index in [0.717, 1.165) is 41.2 Å². The molecule has 2 amide bonds. The maximum atomic E-state index is 12.7. The number of hydrogen-bond acceptors (Lipinski definition) is 6. The standard InChI is InChI=1S/C32H35F3N6O3S/c1-22(2)23(3)6-13-27(43-4)16-18-40-17-5-19-45-31(40)38-30(42)36-20-24-7-9-25(10-8-24)29-37-21-41(39-29)26-11-14-28(15-12-26)44-32(33,34)35/h6-16,21-22H,3,5,17-20H2,1-2,4H3,(H,36,42)/b13-6-,27-16+,38-31?.